The fraction of sp³-hybridized carbons (Fsp3) is 0.111. The van der Waals surface area contributed by atoms with E-state index in [1.165, 1.54) is 5.56 Å². The Hall–Kier alpha value is -0.890. The molecule has 11 heavy (non-hydrogen) atoms. The smallest absolute Gasteiger partial charge is 0.158 e. The minimum Gasteiger partial charge on any atom is -0.450 e. The van der Waals surface area contributed by atoms with Crippen molar-refractivity contribution < 1.29 is 4.42 Å². The SMILES string of the molecule is Cc1ccc2oc(S)cc2c1. The van der Waals surface area contributed by atoms with Crippen LogP contribution in [0.3, 0.4) is 0 Å². The summed E-state index contributed by atoms with van der Waals surface area (Å²) in [5.41, 5.74) is 2.15. The van der Waals surface area contributed by atoms with Crippen molar-refractivity contribution in [2.75, 3.05) is 0 Å². The first-order valence-corrected chi connectivity index (χ1v) is 3.89. The summed E-state index contributed by atoms with van der Waals surface area (Å²) in [6.45, 7) is 2.06. The Labute approximate surface area is 70.4 Å². The number of hydrogen-bond acceptors (Lipinski definition) is 2. The molecular formula is C9H8OS. The molecule has 1 heterocycles. The lowest BCUT2D eigenvalue weighted by Crippen LogP contribution is -1.67. The van der Waals surface area contributed by atoms with Gasteiger partial charge in [-0.2, -0.15) is 0 Å². The van der Waals surface area contributed by atoms with Gasteiger partial charge in [-0.05, 0) is 25.1 Å². The fourth-order valence-corrected chi connectivity index (χ4v) is 1.39. The fourth-order valence-electron chi connectivity index (χ4n) is 1.15. The van der Waals surface area contributed by atoms with Gasteiger partial charge in [-0.15, -0.1) is 12.6 Å². The van der Waals surface area contributed by atoms with Crippen LogP contribution < -0.4 is 0 Å². The van der Waals surface area contributed by atoms with E-state index in [2.05, 4.69) is 25.6 Å². The van der Waals surface area contributed by atoms with E-state index in [9.17, 15) is 0 Å². The van der Waals surface area contributed by atoms with Crippen molar-refractivity contribution >= 4 is 23.6 Å². The second kappa shape index (κ2) is 2.31. The lowest BCUT2D eigenvalue weighted by molar-refractivity contribution is 0.517. The summed E-state index contributed by atoms with van der Waals surface area (Å²) in [6.07, 6.45) is 0. The Kier molecular flexibility index (Phi) is 1.43. The zero-order chi connectivity index (χ0) is 7.84. The predicted molar refractivity (Wildman–Crippen MR) is 48.2 cm³/mol. The number of rotatable bonds is 0. The predicted octanol–water partition coefficient (Wildman–Crippen LogP) is 3.03. The highest BCUT2D eigenvalue weighted by Crippen LogP contribution is 2.22. The second-order valence-electron chi connectivity index (χ2n) is 2.63. The zero-order valence-corrected chi connectivity index (χ0v) is 7.06. The van der Waals surface area contributed by atoms with Gasteiger partial charge in [-0.3, -0.25) is 0 Å². The van der Waals surface area contributed by atoms with E-state index in [1.54, 1.807) is 0 Å². The van der Waals surface area contributed by atoms with Crippen LogP contribution in [-0.4, -0.2) is 0 Å². The lowest BCUT2D eigenvalue weighted by atomic mass is 10.2. The molecule has 0 aliphatic rings. The van der Waals surface area contributed by atoms with Gasteiger partial charge in [0, 0.05) is 5.39 Å². The summed E-state index contributed by atoms with van der Waals surface area (Å²) >= 11 is 4.11. The molecule has 0 N–H and O–H groups in total. The zero-order valence-electron chi connectivity index (χ0n) is 6.16. The third kappa shape index (κ3) is 1.14. The third-order valence-electron chi connectivity index (χ3n) is 1.66. The van der Waals surface area contributed by atoms with Crippen LogP contribution in [0.1, 0.15) is 5.56 Å². The van der Waals surface area contributed by atoms with E-state index in [4.69, 9.17) is 4.42 Å². The van der Waals surface area contributed by atoms with E-state index < -0.39 is 0 Å². The number of hydrogen-bond donors (Lipinski definition) is 1. The standard InChI is InChI=1S/C9H8OS/c1-6-2-3-8-7(4-6)5-9(11)10-8/h2-5,11H,1H3. The summed E-state index contributed by atoms with van der Waals surface area (Å²) in [5, 5.41) is 1.79. The van der Waals surface area contributed by atoms with Crippen LogP contribution in [0.15, 0.2) is 33.8 Å². The summed E-state index contributed by atoms with van der Waals surface area (Å²) < 4.78 is 5.29. The highest BCUT2D eigenvalue weighted by atomic mass is 32.1. The molecule has 0 radical (unpaired) electrons. The summed E-state index contributed by atoms with van der Waals surface area (Å²) in [6, 6.07) is 7.99. The average Bonchev–Trinajstić information content (AvgIpc) is 2.27. The maximum Gasteiger partial charge on any atom is 0.158 e. The van der Waals surface area contributed by atoms with Crippen molar-refractivity contribution in [1.29, 1.82) is 0 Å². The van der Waals surface area contributed by atoms with Crippen LogP contribution in [0.5, 0.6) is 0 Å². The Bertz CT molecular complexity index is 389. The first-order chi connectivity index (χ1) is 5.25. The molecule has 2 heteroatoms. The molecule has 0 atom stereocenters. The summed E-state index contributed by atoms with van der Waals surface area (Å²) in [7, 11) is 0. The Balaban J connectivity index is 2.82. The molecule has 0 spiro atoms. The molecule has 1 aromatic heterocycles. The van der Waals surface area contributed by atoms with E-state index in [0.29, 0.717) is 5.09 Å². The topological polar surface area (TPSA) is 13.1 Å². The molecule has 0 aliphatic heterocycles. The molecule has 0 amide bonds. The van der Waals surface area contributed by atoms with Crippen molar-refractivity contribution in [3.8, 4) is 0 Å². The number of furan rings is 1. The third-order valence-corrected chi connectivity index (χ3v) is 1.88. The van der Waals surface area contributed by atoms with Gasteiger partial charge < -0.3 is 4.42 Å². The number of aryl methyl sites for hydroxylation is 1. The van der Waals surface area contributed by atoms with Crippen LogP contribution in [0.2, 0.25) is 0 Å². The van der Waals surface area contributed by atoms with Crippen molar-refractivity contribution in [2.24, 2.45) is 0 Å². The molecule has 0 bridgehead atoms. The second-order valence-corrected chi connectivity index (χ2v) is 3.07. The van der Waals surface area contributed by atoms with Crippen molar-refractivity contribution in [3.63, 3.8) is 0 Å². The highest BCUT2D eigenvalue weighted by Gasteiger charge is 1.98. The maximum atomic E-state index is 5.29. The van der Waals surface area contributed by atoms with Crippen LogP contribution in [0, 0.1) is 6.92 Å². The van der Waals surface area contributed by atoms with Crippen LogP contribution in [0.4, 0.5) is 0 Å². The molecule has 1 nitrogen and oxygen atoms in total. The van der Waals surface area contributed by atoms with Crippen LogP contribution in [0.25, 0.3) is 11.0 Å². The van der Waals surface area contributed by atoms with Gasteiger partial charge in [0.1, 0.15) is 5.58 Å². The number of benzene rings is 1. The molecule has 0 fully saturated rings. The summed E-state index contributed by atoms with van der Waals surface area (Å²) in [4.78, 5) is 0. The quantitative estimate of drug-likeness (QED) is 0.590. The molecule has 0 saturated carbocycles. The molecule has 0 aliphatic carbocycles. The Morgan fingerprint density at radius 3 is 2.91 bits per heavy atom. The first kappa shape index (κ1) is 6.80. The summed E-state index contributed by atoms with van der Waals surface area (Å²) in [5.74, 6) is 0. The van der Waals surface area contributed by atoms with E-state index >= 15 is 0 Å². The normalized spacial score (nSPS) is 10.7. The molecular weight excluding hydrogens is 156 g/mol. The van der Waals surface area contributed by atoms with Gasteiger partial charge in [0.2, 0.25) is 0 Å². The number of fused-ring (bicyclic) bond motifs is 1. The Morgan fingerprint density at radius 1 is 1.27 bits per heavy atom. The monoisotopic (exact) mass is 164 g/mol. The van der Waals surface area contributed by atoms with Crippen molar-refractivity contribution in [1.82, 2.24) is 0 Å². The highest BCUT2D eigenvalue weighted by molar-refractivity contribution is 7.80. The van der Waals surface area contributed by atoms with Gasteiger partial charge in [-0.25, -0.2) is 0 Å². The molecule has 2 rings (SSSR count). The van der Waals surface area contributed by atoms with E-state index in [0.717, 1.165) is 11.0 Å². The van der Waals surface area contributed by atoms with Gasteiger partial charge in [0.25, 0.3) is 0 Å². The molecule has 56 valence electrons. The van der Waals surface area contributed by atoms with Gasteiger partial charge >= 0.3 is 0 Å². The van der Waals surface area contributed by atoms with Crippen molar-refractivity contribution in [2.45, 2.75) is 12.0 Å². The van der Waals surface area contributed by atoms with Crippen LogP contribution in [-0.2, 0) is 0 Å². The van der Waals surface area contributed by atoms with Gasteiger partial charge in [0.15, 0.2) is 5.09 Å². The minimum absolute atomic E-state index is 0.672. The van der Waals surface area contributed by atoms with Crippen molar-refractivity contribution in [3.05, 3.63) is 29.8 Å². The maximum absolute atomic E-state index is 5.29. The molecule has 1 aromatic carbocycles. The van der Waals surface area contributed by atoms with Gasteiger partial charge in [0.05, 0.1) is 0 Å². The number of thiol groups is 1. The minimum atomic E-state index is 0.672. The largest absolute Gasteiger partial charge is 0.450 e. The van der Waals surface area contributed by atoms with E-state index in [-0.39, 0.29) is 0 Å². The molecule has 0 unspecified atom stereocenters. The molecule has 2 aromatic rings. The van der Waals surface area contributed by atoms with Gasteiger partial charge in [-0.1, -0.05) is 11.6 Å². The van der Waals surface area contributed by atoms with E-state index in [1.807, 2.05) is 18.2 Å². The Morgan fingerprint density at radius 2 is 2.09 bits per heavy atom. The van der Waals surface area contributed by atoms with Crippen LogP contribution >= 0.6 is 12.6 Å². The first-order valence-electron chi connectivity index (χ1n) is 3.45. The lowest BCUT2D eigenvalue weighted by Gasteiger charge is -1.89. The molecule has 0 saturated heterocycles. The average molecular weight is 164 g/mol.